The Labute approximate surface area is 143 Å². The zero-order valence-corrected chi connectivity index (χ0v) is 14.3. The highest BCUT2D eigenvalue weighted by Crippen LogP contribution is 2.53. The van der Waals surface area contributed by atoms with Crippen LogP contribution in [0.25, 0.3) is 0 Å². The van der Waals surface area contributed by atoms with Crippen LogP contribution in [0.3, 0.4) is 0 Å². The molecule has 0 aliphatic heterocycles. The zero-order valence-electron chi connectivity index (χ0n) is 12.0. The number of sulfonamides is 1. The molecule has 0 spiro atoms. The summed E-state index contributed by atoms with van der Waals surface area (Å²) in [4.78, 5) is 23.5. The van der Waals surface area contributed by atoms with E-state index in [4.69, 9.17) is 33.1 Å². The second-order valence-corrected chi connectivity index (χ2v) is 8.26. The van der Waals surface area contributed by atoms with Crippen LogP contribution in [0.5, 0.6) is 0 Å². The number of hydrogen-bond donors (Lipinski definition) is 2. The Balaban J connectivity index is 1.98. The Hall–Kier alpha value is -1.35. The predicted octanol–water partition coefficient (Wildman–Crippen LogP) is 1.40. The first kappa shape index (κ1) is 18.0. The first-order chi connectivity index (χ1) is 10.5. The van der Waals surface area contributed by atoms with Crippen molar-refractivity contribution in [2.24, 2.45) is 11.1 Å². The molecular weight excluding hydrogens is 367 g/mol. The highest BCUT2D eigenvalue weighted by atomic mass is 35.5. The minimum absolute atomic E-state index is 0.146. The third kappa shape index (κ3) is 4.57. The monoisotopic (exact) mass is 380 g/mol. The van der Waals surface area contributed by atoms with Gasteiger partial charge in [0.25, 0.3) is 5.91 Å². The van der Waals surface area contributed by atoms with Gasteiger partial charge >= 0.3 is 5.97 Å². The van der Waals surface area contributed by atoms with Gasteiger partial charge in [0.15, 0.2) is 6.10 Å². The number of rotatable bonds is 5. The van der Waals surface area contributed by atoms with Crippen LogP contribution in [-0.2, 0) is 24.3 Å². The molecule has 1 aliphatic rings. The van der Waals surface area contributed by atoms with E-state index in [0.29, 0.717) is 0 Å². The Morgan fingerprint density at radius 3 is 2.57 bits per heavy atom. The molecule has 2 rings (SSSR count). The smallest absolute Gasteiger partial charge is 0.312 e. The van der Waals surface area contributed by atoms with E-state index in [-0.39, 0.29) is 17.0 Å². The van der Waals surface area contributed by atoms with E-state index in [1.165, 1.54) is 31.2 Å². The Morgan fingerprint density at radius 1 is 1.43 bits per heavy atom. The van der Waals surface area contributed by atoms with Crippen LogP contribution < -0.4 is 10.5 Å². The van der Waals surface area contributed by atoms with Crippen molar-refractivity contribution in [3.8, 4) is 0 Å². The quantitative estimate of drug-likeness (QED) is 0.591. The molecule has 1 saturated carbocycles. The fourth-order valence-electron chi connectivity index (χ4n) is 1.77. The topological polar surface area (TPSA) is 116 Å². The van der Waals surface area contributed by atoms with Gasteiger partial charge in [-0.15, -0.1) is 23.2 Å². The maximum Gasteiger partial charge on any atom is 0.312 e. The van der Waals surface area contributed by atoms with Crippen LogP contribution in [0.4, 0.5) is 5.69 Å². The Kier molecular flexibility index (Phi) is 4.91. The number of anilines is 1. The molecule has 0 bridgehead atoms. The van der Waals surface area contributed by atoms with Crippen LogP contribution in [0.1, 0.15) is 13.3 Å². The lowest BCUT2D eigenvalue weighted by Crippen LogP contribution is -2.31. The molecule has 1 aliphatic carbocycles. The van der Waals surface area contributed by atoms with Crippen LogP contribution in [0.15, 0.2) is 29.2 Å². The Bertz CT molecular complexity index is 750. The molecule has 23 heavy (non-hydrogen) atoms. The maximum absolute atomic E-state index is 12.0. The number of carbonyl (C=O) groups is 2. The number of alkyl halides is 2. The van der Waals surface area contributed by atoms with E-state index in [9.17, 15) is 18.0 Å². The van der Waals surface area contributed by atoms with E-state index >= 15 is 0 Å². The summed E-state index contributed by atoms with van der Waals surface area (Å²) in [6.07, 6.45) is -0.815. The van der Waals surface area contributed by atoms with Crippen molar-refractivity contribution in [2.45, 2.75) is 28.7 Å². The van der Waals surface area contributed by atoms with Crippen molar-refractivity contribution in [1.82, 2.24) is 0 Å². The van der Waals surface area contributed by atoms with Gasteiger partial charge in [-0.1, -0.05) is 6.07 Å². The number of hydrogen-bond acceptors (Lipinski definition) is 5. The van der Waals surface area contributed by atoms with Crippen molar-refractivity contribution in [2.75, 3.05) is 5.32 Å². The average Bonchev–Trinajstić information content (AvgIpc) is 3.07. The highest BCUT2D eigenvalue weighted by molar-refractivity contribution is 7.89. The summed E-state index contributed by atoms with van der Waals surface area (Å²) in [6.45, 7) is 1.38. The molecule has 1 fully saturated rings. The molecule has 1 aromatic rings. The zero-order chi connectivity index (χ0) is 17.4. The number of amides is 1. The molecule has 10 heteroatoms. The van der Waals surface area contributed by atoms with E-state index in [1.54, 1.807) is 0 Å². The lowest BCUT2D eigenvalue weighted by molar-refractivity contribution is -0.154. The number of primary sulfonamides is 1. The molecule has 3 N–H and O–H groups in total. The van der Waals surface area contributed by atoms with Crippen LogP contribution >= 0.6 is 23.2 Å². The van der Waals surface area contributed by atoms with Gasteiger partial charge in [0, 0.05) is 5.69 Å². The summed E-state index contributed by atoms with van der Waals surface area (Å²) in [6, 6.07) is 5.39. The largest absolute Gasteiger partial charge is 0.452 e. The molecule has 0 saturated heterocycles. The summed E-state index contributed by atoms with van der Waals surface area (Å²) in [5.41, 5.74) is 0.208. The van der Waals surface area contributed by atoms with Gasteiger partial charge in [-0.2, -0.15) is 0 Å². The maximum atomic E-state index is 12.0. The second kappa shape index (κ2) is 6.27. The molecule has 2 atom stereocenters. The third-order valence-electron chi connectivity index (χ3n) is 3.20. The number of nitrogens with one attached hydrogen (secondary N) is 1. The molecule has 1 aromatic carbocycles. The van der Waals surface area contributed by atoms with Gasteiger partial charge < -0.3 is 10.1 Å². The molecule has 0 radical (unpaired) electrons. The number of carbonyl (C=O) groups excluding carboxylic acids is 2. The van der Waals surface area contributed by atoms with E-state index in [0.717, 1.165) is 0 Å². The van der Waals surface area contributed by atoms with Gasteiger partial charge in [0.05, 0.1) is 10.8 Å². The van der Waals surface area contributed by atoms with Crippen molar-refractivity contribution in [1.29, 1.82) is 0 Å². The predicted molar refractivity (Wildman–Crippen MR) is 84.5 cm³/mol. The summed E-state index contributed by atoms with van der Waals surface area (Å²) < 4.78 is 26.4. The lowest BCUT2D eigenvalue weighted by atomic mass is 10.3. The van der Waals surface area contributed by atoms with E-state index in [2.05, 4.69) is 5.32 Å². The SMILES string of the molecule is C[C@@H](OC(=O)[C@@H]1CC1(Cl)Cl)C(=O)Nc1cccc(S(N)(=O)=O)c1. The first-order valence-electron chi connectivity index (χ1n) is 6.53. The van der Waals surface area contributed by atoms with Crippen LogP contribution in [0, 0.1) is 5.92 Å². The molecule has 126 valence electrons. The number of nitrogens with two attached hydrogens (primary N) is 1. The minimum Gasteiger partial charge on any atom is -0.452 e. The summed E-state index contributed by atoms with van der Waals surface area (Å²) in [7, 11) is -3.88. The summed E-state index contributed by atoms with van der Waals surface area (Å²) >= 11 is 11.5. The number of ether oxygens (including phenoxy) is 1. The van der Waals surface area contributed by atoms with Crippen molar-refractivity contribution >= 4 is 50.8 Å². The summed E-state index contributed by atoms with van der Waals surface area (Å²) in [5, 5.41) is 7.45. The van der Waals surface area contributed by atoms with Crippen LogP contribution in [-0.4, -0.2) is 30.7 Å². The molecule has 7 nitrogen and oxygen atoms in total. The summed E-state index contributed by atoms with van der Waals surface area (Å²) in [5.74, 6) is -1.93. The Morgan fingerprint density at radius 2 is 2.04 bits per heavy atom. The highest BCUT2D eigenvalue weighted by Gasteiger charge is 2.57. The van der Waals surface area contributed by atoms with Gasteiger partial charge in [-0.25, -0.2) is 13.6 Å². The minimum atomic E-state index is -3.88. The number of halogens is 2. The van der Waals surface area contributed by atoms with Gasteiger partial charge in [0.1, 0.15) is 4.33 Å². The van der Waals surface area contributed by atoms with Gasteiger partial charge in [-0.05, 0) is 31.5 Å². The second-order valence-electron chi connectivity index (χ2n) is 5.16. The lowest BCUT2D eigenvalue weighted by Gasteiger charge is -2.14. The standard InChI is InChI=1S/C13H14Cl2N2O5S/c1-7(22-12(19)10-6-13(10,14)15)11(18)17-8-3-2-4-9(5-8)23(16,20)21/h2-5,7,10H,6H2,1H3,(H,17,18)(H2,16,20,21)/t7-,10+/m1/s1. The third-order valence-corrected chi connectivity index (χ3v) is 4.95. The van der Waals surface area contributed by atoms with Gasteiger partial charge in [-0.3, -0.25) is 9.59 Å². The van der Waals surface area contributed by atoms with Gasteiger partial charge in [0.2, 0.25) is 10.0 Å². The molecule has 0 unspecified atom stereocenters. The number of esters is 1. The number of benzene rings is 1. The molecular formula is C13H14Cl2N2O5S. The fraction of sp³-hybridized carbons (Fsp3) is 0.385. The van der Waals surface area contributed by atoms with Crippen LogP contribution in [0.2, 0.25) is 0 Å². The van der Waals surface area contributed by atoms with E-state index < -0.39 is 38.3 Å². The first-order valence-corrected chi connectivity index (χ1v) is 8.83. The molecule has 0 aromatic heterocycles. The van der Waals surface area contributed by atoms with Crippen molar-refractivity contribution < 1.29 is 22.7 Å². The van der Waals surface area contributed by atoms with Crippen molar-refractivity contribution in [3.05, 3.63) is 24.3 Å². The molecule has 0 heterocycles. The normalized spacial score (nSPS) is 20.4. The van der Waals surface area contributed by atoms with Crippen molar-refractivity contribution in [3.63, 3.8) is 0 Å². The average molecular weight is 381 g/mol. The van der Waals surface area contributed by atoms with E-state index in [1.807, 2.05) is 0 Å². The molecule has 1 amide bonds. The fourth-order valence-corrected chi connectivity index (χ4v) is 2.82.